The first kappa shape index (κ1) is 92.1. The normalized spacial score (nSPS) is 14.0. The highest BCUT2D eigenvalue weighted by molar-refractivity contribution is 7.47. The van der Waals surface area contributed by atoms with Crippen LogP contribution in [0.25, 0.3) is 0 Å². The molecule has 0 bridgehead atoms. The van der Waals surface area contributed by atoms with E-state index in [9.17, 15) is 43.2 Å². The predicted octanol–water partition coefficient (Wildman–Crippen LogP) is 21.9. The molecule has 2 unspecified atom stereocenters. The van der Waals surface area contributed by atoms with Gasteiger partial charge in [0.05, 0.1) is 26.4 Å². The molecule has 3 N–H and O–H groups in total. The average Bonchev–Trinajstić information content (AvgIpc) is 3.54. The Balaban J connectivity index is 5.22. The van der Waals surface area contributed by atoms with Crippen molar-refractivity contribution in [3.8, 4) is 0 Å². The smallest absolute Gasteiger partial charge is 0.462 e. The van der Waals surface area contributed by atoms with Crippen LogP contribution in [0.4, 0.5) is 0 Å². The van der Waals surface area contributed by atoms with Gasteiger partial charge in [-0.15, -0.1) is 0 Å². The lowest BCUT2D eigenvalue weighted by Gasteiger charge is -2.21. The first-order valence-corrected chi connectivity index (χ1v) is 42.0. The Morgan fingerprint density at radius 2 is 0.489 bits per heavy atom. The number of phosphoric ester groups is 2. The summed E-state index contributed by atoms with van der Waals surface area (Å²) in [5.41, 5.74) is 0. The van der Waals surface area contributed by atoms with Crippen LogP contribution in [0.2, 0.25) is 0 Å². The zero-order valence-electron chi connectivity index (χ0n) is 61.3. The number of hydrogen-bond donors (Lipinski definition) is 3. The molecule has 0 aliphatic carbocycles. The van der Waals surface area contributed by atoms with E-state index in [1.165, 1.54) is 199 Å². The fourth-order valence-corrected chi connectivity index (χ4v) is 13.1. The summed E-state index contributed by atoms with van der Waals surface area (Å²) in [4.78, 5) is 72.7. The highest BCUT2D eigenvalue weighted by atomic mass is 31.2. The molecule has 0 heterocycles. The van der Waals surface area contributed by atoms with Crippen LogP contribution in [0.1, 0.15) is 388 Å². The number of aliphatic hydroxyl groups excluding tert-OH is 1. The topological polar surface area (TPSA) is 237 Å². The Morgan fingerprint density at radius 3 is 0.723 bits per heavy atom. The van der Waals surface area contributed by atoms with E-state index < -0.39 is 97.5 Å². The minimum atomic E-state index is -4.96. The fraction of sp³-hybridized carbons (Fsp3) is 0.947. The molecule has 0 aliphatic heterocycles. The maximum absolute atomic E-state index is 13.1. The Labute approximate surface area is 575 Å². The molecule has 0 saturated carbocycles. The summed E-state index contributed by atoms with van der Waals surface area (Å²) in [6.45, 7) is 9.46. The molecular formula is C75H146O17P2. The monoisotopic (exact) mass is 1380 g/mol. The number of esters is 4. The Morgan fingerprint density at radius 1 is 0.287 bits per heavy atom. The van der Waals surface area contributed by atoms with Crippen LogP contribution in [0.15, 0.2) is 0 Å². The summed E-state index contributed by atoms with van der Waals surface area (Å²) in [5.74, 6) is -0.723. The van der Waals surface area contributed by atoms with Crippen molar-refractivity contribution < 1.29 is 80.2 Å². The number of hydrogen-bond acceptors (Lipinski definition) is 15. The van der Waals surface area contributed by atoms with Gasteiger partial charge < -0.3 is 33.8 Å². The molecule has 0 aromatic rings. The van der Waals surface area contributed by atoms with Crippen LogP contribution in [0, 0.1) is 11.8 Å². The van der Waals surface area contributed by atoms with Crippen LogP contribution in [0.3, 0.4) is 0 Å². The number of phosphoric acid groups is 2. The molecule has 0 spiro atoms. The standard InChI is InChI=1S/C75H146O17P2/c1-7-9-11-13-15-17-19-21-23-25-26-28-30-32-34-39-47-53-59-74(79)91-70(63-85-72(77)57-51-45-38-33-31-29-27-24-22-20-18-16-14-12-10-8-2)65-89-93(81,82)87-61-69(76)62-88-94(83,84)90-66-71(64-86-73(78)58-52-46-42-41-44-50-56-68(5)6)92-75(80)60-54-48-40-36-35-37-43-49-55-67(3)4/h67-71,76H,7-66H2,1-6H3,(H,81,82)(H,83,84)/t69-,70-,71-/m1/s1. The SMILES string of the molecule is CCCCCCCCCCCCCCCCCCCCC(=O)O[C@H](COC(=O)CCCCCCCCCCCCCCCCCC)COP(=O)(O)OC[C@@H](O)COP(=O)(O)OC[C@@H](COC(=O)CCCCCCCCC(C)C)OC(=O)CCCCCCCCCCC(C)C. The highest BCUT2D eigenvalue weighted by Crippen LogP contribution is 2.45. The molecule has 0 radical (unpaired) electrons. The largest absolute Gasteiger partial charge is 0.472 e. The Kier molecular flexibility index (Phi) is 65.5. The zero-order valence-corrected chi connectivity index (χ0v) is 63.1. The fourth-order valence-electron chi connectivity index (χ4n) is 11.5. The van der Waals surface area contributed by atoms with E-state index in [0.717, 1.165) is 102 Å². The van der Waals surface area contributed by atoms with Gasteiger partial charge in [0, 0.05) is 25.7 Å². The van der Waals surface area contributed by atoms with Crippen LogP contribution < -0.4 is 0 Å². The van der Waals surface area contributed by atoms with E-state index in [0.29, 0.717) is 31.6 Å². The first-order chi connectivity index (χ1) is 45.4. The minimum absolute atomic E-state index is 0.104. The second-order valence-corrected chi connectivity index (χ2v) is 30.9. The second-order valence-electron chi connectivity index (χ2n) is 28.0. The van der Waals surface area contributed by atoms with E-state index in [1.54, 1.807) is 0 Å². The van der Waals surface area contributed by atoms with E-state index in [2.05, 4.69) is 41.5 Å². The number of rotatable bonds is 74. The van der Waals surface area contributed by atoms with Crippen LogP contribution in [-0.2, 0) is 65.4 Å². The highest BCUT2D eigenvalue weighted by Gasteiger charge is 2.30. The maximum atomic E-state index is 13.1. The summed E-state index contributed by atoms with van der Waals surface area (Å²) in [6, 6.07) is 0. The lowest BCUT2D eigenvalue weighted by atomic mass is 10.0. The summed E-state index contributed by atoms with van der Waals surface area (Å²) >= 11 is 0. The molecule has 94 heavy (non-hydrogen) atoms. The molecule has 5 atom stereocenters. The van der Waals surface area contributed by atoms with Crippen molar-refractivity contribution in [1.29, 1.82) is 0 Å². The number of carbonyl (C=O) groups excluding carboxylic acids is 4. The van der Waals surface area contributed by atoms with Gasteiger partial charge >= 0.3 is 39.5 Å². The van der Waals surface area contributed by atoms with Crippen molar-refractivity contribution in [3.05, 3.63) is 0 Å². The molecule has 0 amide bonds. The number of carbonyl (C=O) groups is 4. The maximum Gasteiger partial charge on any atom is 0.472 e. The van der Waals surface area contributed by atoms with Crippen LogP contribution >= 0.6 is 15.6 Å². The van der Waals surface area contributed by atoms with Gasteiger partial charge in [0.2, 0.25) is 0 Å². The van der Waals surface area contributed by atoms with Gasteiger partial charge in [0.15, 0.2) is 12.2 Å². The molecule has 0 aliphatic rings. The van der Waals surface area contributed by atoms with Gasteiger partial charge in [-0.2, -0.15) is 0 Å². The van der Waals surface area contributed by atoms with Gasteiger partial charge in [-0.05, 0) is 37.5 Å². The summed E-state index contributed by atoms with van der Waals surface area (Å²) in [7, 11) is -9.91. The third kappa shape index (κ3) is 68.6. The van der Waals surface area contributed by atoms with Crippen molar-refractivity contribution in [3.63, 3.8) is 0 Å². The first-order valence-electron chi connectivity index (χ1n) is 39.0. The van der Waals surface area contributed by atoms with E-state index in [4.69, 9.17) is 37.0 Å². The van der Waals surface area contributed by atoms with Crippen LogP contribution in [-0.4, -0.2) is 96.7 Å². The number of aliphatic hydroxyl groups is 1. The van der Waals surface area contributed by atoms with E-state index in [-0.39, 0.29) is 25.7 Å². The van der Waals surface area contributed by atoms with Gasteiger partial charge in [-0.25, -0.2) is 9.13 Å². The van der Waals surface area contributed by atoms with Crippen molar-refractivity contribution in [1.82, 2.24) is 0 Å². The summed E-state index contributed by atoms with van der Waals surface area (Å²) < 4.78 is 68.4. The quantitative estimate of drug-likeness (QED) is 0.0222. The molecule has 0 rings (SSSR count). The van der Waals surface area contributed by atoms with Crippen molar-refractivity contribution in [2.75, 3.05) is 39.6 Å². The van der Waals surface area contributed by atoms with Gasteiger partial charge in [0.1, 0.15) is 19.3 Å². The summed E-state index contributed by atoms with van der Waals surface area (Å²) in [5, 5.41) is 10.6. The van der Waals surface area contributed by atoms with Crippen molar-refractivity contribution in [2.45, 2.75) is 407 Å². The van der Waals surface area contributed by atoms with Gasteiger partial charge in [-0.3, -0.25) is 37.3 Å². The summed E-state index contributed by atoms with van der Waals surface area (Å²) in [6.07, 6.45) is 54.4. The molecule has 0 aromatic carbocycles. The Bertz CT molecular complexity index is 1820. The molecule has 0 fully saturated rings. The van der Waals surface area contributed by atoms with Crippen molar-refractivity contribution >= 4 is 39.5 Å². The molecule has 558 valence electrons. The van der Waals surface area contributed by atoms with E-state index >= 15 is 0 Å². The molecule has 0 saturated heterocycles. The predicted molar refractivity (Wildman–Crippen MR) is 381 cm³/mol. The van der Waals surface area contributed by atoms with E-state index in [1.807, 2.05) is 0 Å². The van der Waals surface area contributed by atoms with Crippen LogP contribution in [0.5, 0.6) is 0 Å². The number of ether oxygens (including phenoxy) is 4. The minimum Gasteiger partial charge on any atom is -0.462 e. The molecule has 0 aromatic heterocycles. The second kappa shape index (κ2) is 66.9. The van der Waals surface area contributed by atoms with Crippen molar-refractivity contribution in [2.24, 2.45) is 11.8 Å². The Hall–Kier alpha value is -1.94. The zero-order chi connectivity index (χ0) is 69.3. The average molecular weight is 1380 g/mol. The third-order valence-corrected chi connectivity index (χ3v) is 19.4. The lowest BCUT2D eigenvalue weighted by Crippen LogP contribution is -2.30. The third-order valence-electron chi connectivity index (χ3n) is 17.5. The lowest BCUT2D eigenvalue weighted by molar-refractivity contribution is -0.161. The molecule has 17 nitrogen and oxygen atoms in total. The molecular weight excluding hydrogens is 1230 g/mol. The van der Waals surface area contributed by atoms with Gasteiger partial charge in [-0.1, -0.05) is 337 Å². The number of unbranched alkanes of at least 4 members (excludes halogenated alkanes) is 44. The van der Waals surface area contributed by atoms with Gasteiger partial charge in [0.25, 0.3) is 0 Å². The molecule has 19 heteroatoms.